The zero-order valence-electron chi connectivity index (χ0n) is 13.7. The minimum absolute atomic E-state index is 0.462. The van der Waals surface area contributed by atoms with Crippen LogP contribution in [0.1, 0.15) is 11.1 Å². The first kappa shape index (κ1) is 15.5. The highest BCUT2D eigenvalue weighted by Gasteiger charge is 2.26. The number of hydrogen-bond acceptors (Lipinski definition) is 4. The summed E-state index contributed by atoms with van der Waals surface area (Å²) in [6.07, 6.45) is 0.763. The molecule has 6 nitrogen and oxygen atoms in total. The zero-order chi connectivity index (χ0) is 17.2. The molecule has 2 aromatic rings. The third-order valence-electron chi connectivity index (χ3n) is 4.41. The second kappa shape index (κ2) is 6.47. The molecule has 0 aromatic heterocycles. The van der Waals surface area contributed by atoms with Crippen molar-refractivity contribution in [2.75, 3.05) is 25.1 Å². The number of benzene rings is 2. The lowest BCUT2D eigenvalue weighted by Gasteiger charge is -2.28. The van der Waals surface area contributed by atoms with E-state index in [1.54, 1.807) is 23.1 Å². The van der Waals surface area contributed by atoms with E-state index in [-0.39, 0.29) is 0 Å². The molecule has 2 aromatic carbocycles. The number of carbonyl (C=O) groups is 2. The van der Waals surface area contributed by atoms with Crippen LogP contribution in [-0.2, 0) is 22.6 Å². The third kappa shape index (κ3) is 3.15. The Labute approximate surface area is 145 Å². The summed E-state index contributed by atoms with van der Waals surface area (Å²) >= 11 is 0. The fraction of sp³-hybridized carbons (Fsp3) is 0.263. The molecule has 0 bridgehead atoms. The van der Waals surface area contributed by atoms with E-state index in [4.69, 9.17) is 9.47 Å². The average molecular weight is 338 g/mol. The van der Waals surface area contributed by atoms with Gasteiger partial charge in [-0.25, -0.2) is 0 Å². The summed E-state index contributed by atoms with van der Waals surface area (Å²) in [6, 6.07) is 13.1. The van der Waals surface area contributed by atoms with E-state index in [0.717, 1.165) is 12.0 Å². The van der Waals surface area contributed by atoms with Gasteiger partial charge < -0.3 is 19.7 Å². The van der Waals surface area contributed by atoms with Crippen molar-refractivity contribution in [1.29, 1.82) is 0 Å². The van der Waals surface area contributed by atoms with E-state index >= 15 is 0 Å². The van der Waals surface area contributed by atoms with Crippen molar-refractivity contribution in [1.82, 2.24) is 4.90 Å². The quantitative estimate of drug-likeness (QED) is 0.808. The first-order chi connectivity index (χ1) is 12.2. The Hall–Kier alpha value is -3.02. The predicted molar refractivity (Wildman–Crippen MR) is 91.6 cm³/mol. The lowest BCUT2D eigenvalue weighted by Crippen LogP contribution is -2.42. The molecule has 0 saturated carbocycles. The normalized spacial score (nSPS) is 15.3. The van der Waals surface area contributed by atoms with Gasteiger partial charge in [0.25, 0.3) is 0 Å². The summed E-state index contributed by atoms with van der Waals surface area (Å²) in [7, 11) is 0. The molecule has 0 radical (unpaired) electrons. The van der Waals surface area contributed by atoms with Crippen LogP contribution in [0.15, 0.2) is 42.5 Å². The number of fused-ring (bicyclic) bond motifs is 2. The topological polar surface area (TPSA) is 67.9 Å². The van der Waals surface area contributed by atoms with Crippen LogP contribution in [0.25, 0.3) is 0 Å². The van der Waals surface area contributed by atoms with Crippen LogP contribution in [0.5, 0.6) is 11.5 Å². The van der Waals surface area contributed by atoms with E-state index in [9.17, 15) is 9.59 Å². The maximum absolute atomic E-state index is 12.5. The Morgan fingerprint density at radius 3 is 2.56 bits per heavy atom. The van der Waals surface area contributed by atoms with Crippen LogP contribution in [-0.4, -0.2) is 36.5 Å². The molecule has 2 heterocycles. The van der Waals surface area contributed by atoms with E-state index in [0.29, 0.717) is 43.5 Å². The van der Waals surface area contributed by atoms with Crippen LogP contribution in [0, 0.1) is 0 Å². The molecule has 0 fully saturated rings. The standard InChI is InChI=1S/C19H18N2O4/c22-18(20-15-5-6-16-17(11-15)25-10-9-24-16)19(23)21-8-7-13-3-1-2-4-14(13)12-21/h1-6,11H,7-10,12H2,(H,20,22). The Morgan fingerprint density at radius 2 is 1.72 bits per heavy atom. The Morgan fingerprint density at radius 1 is 0.960 bits per heavy atom. The molecule has 4 rings (SSSR count). The minimum Gasteiger partial charge on any atom is -0.486 e. The minimum atomic E-state index is -0.643. The van der Waals surface area contributed by atoms with Crippen molar-refractivity contribution in [3.63, 3.8) is 0 Å². The molecular weight excluding hydrogens is 320 g/mol. The second-order valence-electron chi connectivity index (χ2n) is 6.06. The maximum atomic E-state index is 12.5. The number of rotatable bonds is 1. The van der Waals surface area contributed by atoms with Gasteiger partial charge in [0.05, 0.1) is 0 Å². The lowest BCUT2D eigenvalue weighted by atomic mass is 10.00. The number of nitrogens with one attached hydrogen (secondary N) is 1. The highest BCUT2D eigenvalue weighted by molar-refractivity contribution is 6.39. The molecule has 0 spiro atoms. The Balaban J connectivity index is 1.44. The number of amides is 2. The summed E-state index contributed by atoms with van der Waals surface area (Å²) in [5.74, 6) is 0.0482. The smallest absolute Gasteiger partial charge is 0.313 e. The first-order valence-electron chi connectivity index (χ1n) is 8.27. The van der Waals surface area contributed by atoms with E-state index in [1.807, 2.05) is 18.2 Å². The second-order valence-corrected chi connectivity index (χ2v) is 6.06. The maximum Gasteiger partial charge on any atom is 0.313 e. The first-order valence-corrected chi connectivity index (χ1v) is 8.27. The van der Waals surface area contributed by atoms with Gasteiger partial charge in [0.15, 0.2) is 11.5 Å². The number of hydrogen-bond donors (Lipinski definition) is 1. The molecule has 2 aliphatic rings. The van der Waals surface area contributed by atoms with Crippen molar-refractivity contribution < 1.29 is 19.1 Å². The Bertz CT molecular complexity index is 834. The van der Waals surface area contributed by atoms with Gasteiger partial charge in [0, 0.05) is 24.8 Å². The van der Waals surface area contributed by atoms with Gasteiger partial charge in [-0.1, -0.05) is 24.3 Å². The van der Waals surface area contributed by atoms with Crippen molar-refractivity contribution >= 4 is 17.5 Å². The van der Waals surface area contributed by atoms with E-state index in [1.165, 1.54) is 5.56 Å². The summed E-state index contributed by atoms with van der Waals surface area (Å²) in [5, 5.41) is 2.65. The lowest BCUT2D eigenvalue weighted by molar-refractivity contribution is -0.143. The van der Waals surface area contributed by atoms with Gasteiger partial charge in [-0.2, -0.15) is 0 Å². The molecule has 2 aliphatic heterocycles. The molecule has 25 heavy (non-hydrogen) atoms. The van der Waals surface area contributed by atoms with Crippen LogP contribution in [0.4, 0.5) is 5.69 Å². The summed E-state index contributed by atoms with van der Waals surface area (Å²) < 4.78 is 10.9. The third-order valence-corrected chi connectivity index (χ3v) is 4.41. The van der Waals surface area contributed by atoms with Gasteiger partial charge in [-0.15, -0.1) is 0 Å². The number of anilines is 1. The number of nitrogens with zero attached hydrogens (tertiary/aromatic N) is 1. The Kier molecular flexibility index (Phi) is 4.01. The molecule has 0 atom stereocenters. The van der Waals surface area contributed by atoms with Crippen LogP contribution >= 0.6 is 0 Å². The van der Waals surface area contributed by atoms with Crippen LogP contribution in [0.3, 0.4) is 0 Å². The summed E-state index contributed by atoms with van der Waals surface area (Å²) in [6.45, 7) is 1.98. The van der Waals surface area contributed by atoms with E-state index < -0.39 is 11.8 Å². The monoisotopic (exact) mass is 338 g/mol. The van der Waals surface area contributed by atoms with Gasteiger partial charge in [0.2, 0.25) is 0 Å². The molecule has 2 amide bonds. The highest BCUT2D eigenvalue weighted by atomic mass is 16.6. The van der Waals surface area contributed by atoms with Crippen molar-refractivity contribution in [2.45, 2.75) is 13.0 Å². The van der Waals surface area contributed by atoms with Gasteiger partial charge >= 0.3 is 11.8 Å². The van der Waals surface area contributed by atoms with Crippen LogP contribution in [0.2, 0.25) is 0 Å². The highest BCUT2D eigenvalue weighted by Crippen LogP contribution is 2.32. The van der Waals surface area contributed by atoms with Gasteiger partial charge in [0.1, 0.15) is 13.2 Å². The SMILES string of the molecule is O=C(Nc1ccc2c(c1)OCCO2)C(=O)N1CCc2ccccc2C1. The average Bonchev–Trinajstić information content (AvgIpc) is 2.67. The molecule has 0 saturated heterocycles. The van der Waals surface area contributed by atoms with Crippen molar-refractivity contribution in [3.8, 4) is 11.5 Å². The predicted octanol–water partition coefficient (Wildman–Crippen LogP) is 1.98. The molecule has 1 N–H and O–H groups in total. The number of ether oxygens (including phenoxy) is 2. The fourth-order valence-corrected chi connectivity index (χ4v) is 3.12. The molecule has 6 heteroatoms. The zero-order valence-corrected chi connectivity index (χ0v) is 13.7. The summed E-state index contributed by atoms with van der Waals surface area (Å²) in [5.41, 5.74) is 2.84. The van der Waals surface area contributed by atoms with Crippen molar-refractivity contribution in [3.05, 3.63) is 53.6 Å². The van der Waals surface area contributed by atoms with E-state index in [2.05, 4.69) is 11.4 Å². The van der Waals surface area contributed by atoms with Crippen molar-refractivity contribution in [2.24, 2.45) is 0 Å². The summed E-state index contributed by atoms with van der Waals surface area (Å²) in [4.78, 5) is 26.4. The number of carbonyl (C=O) groups excluding carboxylic acids is 2. The van der Waals surface area contributed by atoms with Gasteiger partial charge in [-0.05, 0) is 29.7 Å². The van der Waals surface area contributed by atoms with Crippen LogP contribution < -0.4 is 14.8 Å². The molecule has 128 valence electrons. The van der Waals surface area contributed by atoms with Gasteiger partial charge in [-0.3, -0.25) is 9.59 Å². The molecular formula is C19H18N2O4. The molecule has 0 unspecified atom stereocenters. The largest absolute Gasteiger partial charge is 0.486 e. The fourth-order valence-electron chi connectivity index (χ4n) is 3.12. The molecule has 0 aliphatic carbocycles.